The van der Waals surface area contributed by atoms with Crippen LogP contribution < -0.4 is 0 Å². The normalized spacial score (nSPS) is 22.0. The number of carbonyl (C=O) groups excluding carboxylic acids is 2. The van der Waals surface area contributed by atoms with Crippen LogP contribution in [-0.2, 0) is 4.74 Å². The molecule has 0 radical (unpaired) electrons. The third-order valence-corrected chi connectivity index (χ3v) is 5.23. The van der Waals surface area contributed by atoms with Crippen molar-refractivity contribution in [3.8, 4) is 0 Å². The minimum absolute atomic E-state index is 0.0670. The van der Waals surface area contributed by atoms with E-state index in [1.165, 1.54) is 11.3 Å². The second-order valence-electron chi connectivity index (χ2n) is 7.38. The topological polar surface area (TPSA) is 46.6 Å². The van der Waals surface area contributed by atoms with Crippen molar-refractivity contribution < 1.29 is 14.3 Å². The molecule has 1 saturated heterocycles. The van der Waals surface area contributed by atoms with Crippen LogP contribution in [0.2, 0.25) is 0 Å². The van der Waals surface area contributed by atoms with Gasteiger partial charge in [0.1, 0.15) is 5.60 Å². The molecule has 1 aliphatic heterocycles. The maximum absolute atomic E-state index is 12.6. The Balaban J connectivity index is 2.12. The van der Waals surface area contributed by atoms with E-state index < -0.39 is 5.60 Å². The number of ketones is 1. The van der Waals surface area contributed by atoms with Crippen molar-refractivity contribution in [1.82, 2.24) is 4.90 Å². The molecule has 0 aliphatic carbocycles. The van der Waals surface area contributed by atoms with Gasteiger partial charge in [-0.05, 0) is 70.9 Å². The van der Waals surface area contributed by atoms with Gasteiger partial charge >= 0.3 is 6.09 Å². The fraction of sp³-hybridized carbons (Fsp3) is 0.667. The molecule has 2 heterocycles. The molecule has 0 spiro atoms. The van der Waals surface area contributed by atoms with E-state index in [0.717, 1.165) is 29.7 Å². The first kappa shape index (κ1) is 18.0. The van der Waals surface area contributed by atoms with Crippen LogP contribution in [0.4, 0.5) is 4.79 Å². The number of carbonyl (C=O) groups is 2. The minimum Gasteiger partial charge on any atom is -0.444 e. The largest absolute Gasteiger partial charge is 0.444 e. The van der Waals surface area contributed by atoms with Gasteiger partial charge in [0, 0.05) is 18.5 Å². The molecule has 2 unspecified atom stereocenters. The molecule has 2 atom stereocenters. The molecule has 4 nitrogen and oxygen atoms in total. The summed E-state index contributed by atoms with van der Waals surface area (Å²) in [7, 11) is 0. The van der Waals surface area contributed by atoms with Gasteiger partial charge in [-0.3, -0.25) is 4.79 Å². The average molecular weight is 337 g/mol. The smallest absolute Gasteiger partial charge is 0.410 e. The van der Waals surface area contributed by atoms with Crippen molar-refractivity contribution >= 4 is 23.2 Å². The summed E-state index contributed by atoms with van der Waals surface area (Å²) in [5, 5.41) is 1.94. The number of hydrogen-bond acceptors (Lipinski definition) is 4. The van der Waals surface area contributed by atoms with Gasteiger partial charge < -0.3 is 9.64 Å². The molecule has 0 aromatic carbocycles. The predicted molar refractivity (Wildman–Crippen MR) is 93.2 cm³/mol. The first-order chi connectivity index (χ1) is 10.7. The van der Waals surface area contributed by atoms with E-state index in [2.05, 4.69) is 0 Å². The maximum atomic E-state index is 12.6. The predicted octanol–water partition coefficient (Wildman–Crippen LogP) is 4.81. The van der Waals surface area contributed by atoms with E-state index in [1.807, 2.05) is 46.1 Å². The number of Topliss-reactive ketones (excluding diaryl/α,β-unsaturated/α-hetero) is 1. The molecule has 1 aromatic rings. The van der Waals surface area contributed by atoms with Gasteiger partial charge in [0.15, 0.2) is 5.78 Å². The number of hydrogen-bond donors (Lipinski definition) is 0. The summed E-state index contributed by atoms with van der Waals surface area (Å²) in [6.07, 6.45) is 2.94. The summed E-state index contributed by atoms with van der Waals surface area (Å²) >= 11 is 1.48. The zero-order valence-corrected chi connectivity index (χ0v) is 15.5. The Kier molecular flexibility index (Phi) is 5.50. The van der Waals surface area contributed by atoms with Crippen molar-refractivity contribution in [2.45, 2.75) is 78.0 Å². The van der Waals surface area contributed by atoms with Crippen LogP contribution in [0.25, 0.3) is 0 Å². The Morgan fingerprint density at radius 3 is 2.61 bits per heavy atom. The Morgan fingerprint density at radius 1 is 1.35 bits per heavy atom. The number of aryl methyl sites for hydroxylation is 1. The van der Waals surface area contributed by atoms with Gasteiger partial charge in [0.25, 0.3) is 0 Å². The van der Waals surface area contributed by atoms with Gasteiger partial charge in [-0.1, -0.05) is 0 Å². The van der Waals surface area contributed by atoms with Gasteiger partial charge in [0.2, 0.25) is 0 Å². The number of amides is 1. The van der Waals surface area contributed by atoms with Crippen molar-refractivity contribution in [2.24, 2.45) is 0 Å². The van der Waals surface area contributed by atoms with Gasteiger partial charge in [-0.2, -0.15) is 0 Å². The average Bonchev–Trinajstić information content (AvgIpc) is 2.83. The summed E-state index contributed by atoms with van der Waals surface area (Å²) in [4.78, 5) is 27.8. The van der Waals surface area contributed by atoms with E-state index >= 15 is 0 Å². The van der Waals surface area contributed by atoms with Crippen LogP contribution in [0.1, 0.15) is 68.6 Å². The lowest BCUT2D eigenvalue weighted by molar-refractivity contribution is -0.00303. The lowest BCUT2D eigenvalue weighted by Crippen LogP contribution is -2.51. The molecule has 1 amide bonds. The third kappa shape index (κ3) is 4.56. The zero-order valence-electron chi connectivity index (χ0n) is 14.7. The molecule has 0 saturated carbocycles. The zero-order chi connectivity index (χ0) is 17.2. The van der Waals surface area contributed by atoms with E-state index in [1.54, 1.807) is 4.90 Å². The molecule has 2 rings (SSSR count). The minimum atomic E-state index is -0.521. The van der Waals surface area contributed by atoms with Crippen LogP contribution in [0.5, 0.6) is 0 Å². The Labute approximate surface area is 142 Å². The monoisotopic (exact) mass is 337 g/mol. The summed E-state index contributed by atoms with van der Waals surface area (Å²) in [6.45, 7) is 9.61. The molecule has 1 fully saturated rings. The highest BCUT2D eigenvalue weighted by Gasteiger charge is 2.36. The quantitative estimate of drug-likeness (QED) is 0.744. The first-order valence-electron chi connectivity index (χ1n) is 8.27. The lowest BCUT2D eigenvalue weighted by Gasteiger charge is -2.41. The van der Waals surface area contributed by atoms with Crippen molar-refractivity contribution in [2.75, 3.05) is 0 Å². The summed E-state index contributed by atoms with van der Waals surface area (Å²) in [6, 6.07) is 2.01. The maximum Gasteiger partial charge on any atom is 0.410 e. The summed E-state index contributed by atoms with van der Waals surface area (Å²) in [5.74, 6) is 0.130. The highest BCUT2D eigenvalue weighted by atomic mass is 32.1. The number of nitrogens with zero attached hydrogens (tertiary/aromatic N) is 1. The van der Waals surface area contributed by atoms with Crippen LogP contribution in [-0.4, -0.2) is 34.5 Å². The van der Waals surface area contributed by atoms with Crippen LogP contribution >= 0.6 is 11.3 Å². The molecule has 0 bridgehead atoms. The van der Waals surface area contributed by atoms with E-state index in [9.17, 15) is 9.59 Å². The fourth-order valence-corrected chi connectivity index (χ4v) is 3.97. The number of likely N-dealkylation sites (tertiary alicyclic amines) is 1. The summed E-state index contributed by atoms with van der Waals surface area (Å²) < 4.78 is 5.55. The second kappa shape index (κ2) is 7.04. The molecule has 23 heavy (non-hydrogen) atoms. The molecule has 5 heteroatoms. The van der Waals surface area contributed by atoms with Gasteiger partial charge in [0.05, 0.1) is 4.88 Å². The highest BCUT2D eigenvalue weighted by molar-refractivity contribution is 7.12. The van der Waals surface area contributed by atoms with E-state index in [4.69, 9.17) is 4.74 Å². The number of ether oxygens (including phenoxy) is 1. The van der Waals surface area contributed by atoms with Crippen LogP contribution in [0.3, 0.4) is 0 Å². The van der Waals surface area contributed by atoms with Crippen LogP contribution in [0, 0.1) is 6.92 Å². The fourth-order valence-electron chi connectivity index (χ4n) is 3.10. The lowest BCUT2D eigenvalue weighted by atomic mass is 9.93. The first-order valence-corrected chi connectivity index (χ1v) is 9.15. The number of thiophene rings is 1. The van der Waals surface area contributed by atoms with Crippen molar-refractivity contribution in [1.29, 1.82) is 0 Å². The Hall–Kier alpha value is -1.36. The molecular formula is C18H27NO3S. The van der Waals surface area contributed by atoms with E-state index in [-0.39, 0.29) is 24.0 Å². The third-order valence-electron chi connectivity index (χ3n) is 4.17. The Bertz CT molecular complexity index is 573. The standard InChI is InChI=1S/C18H27NO3S/c1-12-9-10-23-16(12)15(20)11-14-8-6-7-13(2)19(14)17(21)22-18(3,4)5/h9-10,13-14H,6-8,11H2,1-5H3. The molecule has 1 aromatic heterocycles. The SMILES string of the molecule is Cc1ccsc1C(=O)CC1CCCC(C)N1C(=O)OC(C)(C)C. The van der Waals surface area contributed by atoms with Crippen molar-refractivity contribution in [3.05, 3.63) is 21.9 Å². The number of rotatable bonds is 3. The molecule has 0 N–H and O–H groups in total. The van der Waals surface area contributed by atoms with E-state index in [0.29, 0.717) is 6.42 Å². The number of piperidine rings is 1. The van der Waals surface area contributed by atoms with Gasteiger partial charge in [-0.25, -0.2) is 4.79 Å². The van der Waals surface area contributed by atoms with Gasteiger partial charge in [-0.15, -0.1) is 11.3 Å². The molecule has 128 valence electrons. The van der Waals surface area contributed by atoms with Crippen molar-refractivity contribution in [3.63, 3.8) is 0 Å². The van der Waals surface area contributed by atoms with Crippen LogP contribution in [0.15, 0.2) is 11.4 Å². The molecule has 1 aliphatic rings. The highest BCUT2D eigenvalue weighted by Crippen LogP contribution is 2.29. The second-order valence-corrected chi connectivity index (χ2v) is 8.30. The summed E-state index contributed by atoms with van der Waals surface area (Å²) in [5.41, 5.74) is 0.500. The molecular weight excluding hydrogens is 310 g/mol. The Morgan fingerprint density at radius 2 is 2.04 bits per heavy atom.